The molecule has 0 saturated heterocycles. The van der Waals surface area contributed by atoms with Crippen molar-refractivity contribution < 1.29 is 14.4 Å². The summed E-state index contributed by atoms with van der Waals surface area (Å²) in [6, 6.07) is 6.25. The van der Waals surface area contributed by atoms with Crippen molar-refractivity contribution in [2.24, 2.45) is 0 Å². The van der Waals surface area contributed by atoms with E-state index in [-0.39, 0.29) is 0 Å². The van der Waals surface area contributed by atoms with E-state index in [1.165, 1.54) is 16.7 Å². The fourth-order valence-corrected chi connectivity index (χ4v) is 0.995. The van der Waals surface area contributed by atoms with Gasteiger partial charge in [-0.1, -0.05) is 30.9 Å². The first-order valence-electron chi connectivity index (χ1n) is 4.02. The van der Waals surface area contributed by atoms with Crippen LogP contribution in [0.3, 0.4) is 0 Å². The number of rotatable bonds is 1. The fraction of sp³-hybridized carbons (Fsp3) is 0.200. The molecule has 0 aliphatic rings. The Morgan fingerprint density at radius 1 is 1.36 bits per heavy atom. The summed E-state index contributed by atoms with van der Waals surface area (Å²) in [5.74, 6) is 0. The molecule has 0 saturated carbocycles. The van der Waals surface area contributed by atoms with Crippen LogP contribution in [0.2, 0.25) is 0 Å². The minimum atomic E-state index is -2.87. The van der Waals surface area contributed by atoms with Crippen molar-refractivity contribution in [1.29, 1.82) is 0 Å². The monoisotopic (exact) mass is 213 g/mol. The first-order chi connectivity index (χ1) is 6.49. The van der Waals surface area contributed by atoms with Crippen molar-refractivity contribution in [3.63, 3.8) is 0 Å². The highest BCUT2D eigenvalue weighted by Gasteiger charge is 1.94. The van der Waals surface area contributed by atoms with Crippen LogP contribution in [0.5, 0.6) is 0 Å². The van der Waals surface area contributed by atoms with Crippen LogP contribution in [-0.2, 0) is 4.57 Å². The van der Waals surface area contributed by atoms with Gasteiger partial charge in [-0.3, -0.25) is 0 Å². The first-order valence-corrected chi connectivity index (χ1v) is 5.19. The molecule has 1 rings (SSSR count). The molecule has 0 radical (unpaired) electrons. The second kappa shape index (κ2) is 6.44. The second-order valence-electron chi connectivity index (χ2n) is 2.75. The third kappa shape index (κ3) is 4.87. The molecule has 2 N–H and O–H groups in total. The molecule has 0 amide bonds. The Morgan fingerprint density at radius 3 is 2.21 bits per heavy atom. The molecule has 0 atom stereocenters. The molecule has 0 aliphatic carbocycles. The van der Waals surface area contributed by atoms with Crippen molar-refractivity contribution in [2.45, 2.75) is 13.8 Å². The first kappa shape index (κ1) is 13.0. The third-order valence-corrected chi connectivity index (χ3v) is 1.87. The van der Waals surface area contributed by atoms with Gasteiger partial charge in [-0.25, -0.2) is 0 Å². The summed E-state index contributed by atoms with van der Waals surface area (Å²) < 4.78 is 8.70. The molecule has 4 heteroatoms. The van der Waals surface area contributed by atoms with Gasteiger partial charge in [-0.15, -0.1) is 9.79 Å². The molecule has 1 aromatic rings. The van der Waals surface area contributed by atoms with Crippen LogP contribution in [0, 0.1) is 13.8 Å². The van der Waals surface area contributed by atoms with E-state index in [0.29, 0.717) is 0 Å². The minimum absolute atomic E-state index is 1.24. The van der Waals surface area contributed by atoms with E-state index in [2.05, 4.69) is 38.6 Å². The van der Waals surface area contributed by atoms with E-state index in [4.69, 9.17) is 14.4 Å². The maximum absolute atomic E-state index is 8.70. The Labute approximate surface area is 84.7 Å². The average Bonchev–Trinajstić information content (AvgIpc) is 2.09. The van der Waals surface area contributed by atoms with Crippen LogP contribution in [0.1, 0.15) is 16.7 Å². The Bertz CT molecular complexity index is 330. The van der Waals surface area contributed by atoms with Crippen molar-refractivity contribution in [3.8, 4) is 0 Å². The molecule has 0 fully saturated rings. The van der Waals surface area contributed by atoms with E-state index in [0.717, 1.165) is 0 Å². The lowest BCUT2D eigenvalue weighted by molar-refractivity contribution is 0.405. The van der Waals surface area contributed by atoms with Gasteiger partial charge in [0.2, 0.25) is 0 Å². The Balaban J connectivity index is 0.000000364. The van der Waals surface area contributed by atoms with Crippen LogP contribution >= 0.6 is 8.25 Å². The normalized spacial score (nSPS) is 8.57. The molecule has 14 heavy (non-hydrogen) atoms. The second-order valence-corrected chi connectivity index (χ2v) is 3.25. The van der Waals surface area contributed by atoms with Gasteiger partial charge >= 0.3 is 8.25 Å². The molecule has 0 unspecified atom stereocenters. The van der Waals surface area contributed by atoms with Crippen molar-refractivity contribution in [2.75, 3.05) is 0 Å². The predicted molar refractivity (Wildman–Crippen MR) is 58.1 cm³/mol. The number of hydrogen-bond donors (Lipinski definition) is 2. The molecule has 0 aliphatic heterocycles. The predicted octanol–water partition coefficient (Wildman–Crippen LogP) is 2.57. The number of aryl methyl sites for hydroxylation is 1. The largest absolute Gasteiger partial charge is 0.692 e. The van der Waals surface area contributed by atoms with Crippen LogP contribution < -0.4 is 0 Å². The van der Waals surface area contributed by atoms with Crippen LogP contribution in [-0.4, -0.2) is 9.79 Å². The zero-order valence-corrected chi connectivity index (χ0v) is 9.16. The minimum Gasteiger partial charge on any atom is -0.134 e. The number of hydrogen-bond acceptors (Lipinski definition) is 1. The third-order valence-electron chi connectivity index (χ3n) is 1.87. The summed E-state index contributed by atoms with van der Waals surface area (Å²) in [4.78, 5) is 14.2. The van der Waals surface area contributed by atoms with Crippen LogP contribution in [0.15, 0.2) is 24.8 Å². The summed E-state index contributed by atoms with van der Waals surface area (Å²) in [6.07, 6.45) is 1.89. The van der Waals surface area contributed by atoms with E-state index in [1.807, 2.05) is 6.08 Å². The highest BCUT2D eigenvalue weighted by Crippen LogP contribution is 2.12. The van der Waals surface area contributed by atoms with Crippen molar-refractivity contribution in [1.82, 2.24) is 0 Å². The quantitative estimate of drug-likeness (QED) is 0.705. The van der Waals surface area contributed by atoms with E-state index in [1.54, 1.807) is 0 Å². The SMILES string of the molecule is C=Cc1cccc(C)c1C.O=[P+](O)O. The topological polar surface area (TPSA) is 57.5 Å². The van der Waals surface area contributed by atoms with Gasteiger partial charge in [-0.2, -0.15) is 0 Å². The van der Waals surface area contributed by atoms with Gasteiger partial charge in [0.05, 0.1) is 0 Å². The number of benzene rings is 1. The Morgan fingerprint density at radius 2 is 1.86 bits per heavy atom. The van der Waals surface area contributed by atoms with E-state index >= 15 is 0 Å². The van der Waals surface area contributed by atoms with Crippen molar-refractivity contribution >= 4 is 14.3 Å². The molecule has 0 spiro atoms. The fourth-order valence-electron chi connectivity index (χ4n) is 0.995. The highest BCUT2D eigenvalue weighted by atomic mass is 31.1. The zero-order valence-electron chi connectivity index (χ0n) is 8.27. The summed E-state index contributed by atoms with van der Waals surface area (Å²) >= 11 is 0. The molecule has 0 heterocycles. The smallest absolute Gasteiger partial charge is 0.134 e. The Kier molecular flexibility index (Phi) is 5.97. The average molecular weight is 213 g/mol. The van der Waals surface area contributed by atoms with Gasteiger partial charge in [-0.05, 0) is 30.5 Å². The van der Waals surface area contributed by atoms with Gasteiger partial charge in [0.15, 0.2) is 0 Å². The maximum atomic E-state index is 8.70. The van der Waals surface area contributed by atoms with E-state index in [9.17, 15) is 0 Å². The van der Waals surface area contributed by atoms with Gasteiger partial charge in [0.25, 0.3) is 0 Å². The zero-order chi connectivity index (χ0) is 11.1. The lowest BCUT2D eigenvalue weighted by Gasteiger charge is -2.01. The van der Waals surface area contributed by atoms with Gasteiger partial charge < -0.3 is 0 Å². The molecule has 1 aromatic carbocycles. The molecule has 76 valence electrons. The van der Waals surface area contributed by atoms with Gasteiger partial charge in [0.1, 0.15) is 0 Å². The van der Waals surface area contributed by atoms with Crippen LogP contribution in [0.4, 0.5) is 0 Å². The highest BCUT2D eigenvalue weighted by molar-refractivity contribution is 7.30. The summed E-state index contributed by atoms with van der Waals surface area (Å²) in [6.45, 7) is 7.96. The van der Waals surface area contributed by atoms with Crippen LogP contribution in [0.25, 0.3) is 6.08 Å². The summed E-state index contributed by atoms with van der Waals surface area (Å²) in [5.41, 5.74) is 3.90. The van der Waals surface area contributed by atoms with Gasteiger partial charge in [0, 0.05) is 4.57 Å². The van der Waals surface area contributed by atoms with E-state index < -0.39 is 8.25 Å². The maximum Gasteiger partial charge on any atom is 0.692 e. The molecule has 3 nitrogen and oxygen atoms in total. The summed E-state index contributed by atoms with van der Waals surface area (Å²) in [5, 5.41) is 0. The van der Waals surface area contributed by atoms with Crippen molar-refractivity contribution in [3.05, 3.63) is 41.5 Å². The lowest BCUT2D eigenvalue weighted by Crippen LogP contribution is -1.83. The Hall–Kier alpha value is -1.02. The molecule has 0 bridgehead atoms. The lowest BCUT2D eigenvalue weighted by atomic mass is 10.0. The summed E-state index contributed by atoms with van der Waals surface area (Å²) in [7, 11) is -2.87. The molecular formula is C10H14O3P+. The molecular weight excluding hydrogens is 199 g/mol. The molecule has 0 aromatic heterocycles. The standard InChI is InChI=1S/C10H12.HO3P/c1-4-10-7-5-6-8(2)9(10)3;1-4(2)3/h4-7H,1H2,2-3H3;(H-,1,2,3)/p+1.